The van der Waals surface area contributed by atoms with Gasteiger partial charge in [0.2, 0.25) is 0 Å². The standard InChI is InChI=1S/C12H13BrN2O3S/c13-9-7-14-4-1-8(9)10(16)15-12(11(17)18)2-5-19-6-3-12/h1,4,7H,2-3,5-6H2,(H,15,16)(H,17,18). The van der Waals surface area contributed by atoms with Crippen molar-refractivity contribution in [3.63, 3.8) is 0 Å². The molecule has 1 aliphatic rings. The highest BCUT2D eigenvalue weighted by Gasteiger charge is 2.41. The molecule has 1 aromatic heterocycles. The zero-order chi connectivity index (χ0) is 13.9. The summed E-state index contributed by atoms with van der Waals surface area (Å²) in [7, 11) is 0. The molecule has 0 saturated carbocycles. The topological polar surface area (TPSA) is 79.3 Å². The minimum Gasteiger partial charge on any atom is -0.480 e. The van der Waals surface area contributed by atoms with Crippen molar-refractivity contribution in [2.45, 2.75) is 18.4 Å². The van der Waals surface area contributed by atoms with Crippen LogP contribution in [0.4, 0.5) is 0 Å². The largest absolute Gasteiger partial charge is 0.480 e. The molecule has 0 aromatic carbocycles. The second-order valence-electron chi connectivity index (χ2n) is 4.31. The highest BCUT2D eigenvalue weighted by molar-refractivity contribution is 9.10. The van der Waals surface area contributed by atoms with E-state index in [0.717, 1.165) is 11.5 Å². The Morgan fingerprint density at radius 3 is 2.68 bits per heavy atom. The number of amides is 1. The molecule has 19 heavy (non-hydrogen) atoms. The Balaban J connectivity index is 2.20. The number of aromatic nitrogens is 1. The number of aliphatic carboxylic acids is 1. The Bertz CT molecular complexity index is 504. The lowest BCUT2D eigenvalue weighted by atomic mass is 9.92. The van der Waals surface area contributed by atoms with Crippen LogP contribution < -0.4 is 5.32 Å². The number of pyridine rings is 1. The molecule has 0 aliphatic carbocycles. The maximum Gasteiger partial charge on any atom is 0.329 e. The van der Waals surface area contributed by atoms with Gasteiger partial charge in [-0.1, -0.05) is 0 Å². The van der Waals surface area contributed by atoms with E-state index in [1.54, 1.807) is 17.8 Å². The Hall–Kier alpha value is -1.08. The Labute approximate surface area is 123 Å². The second-order valence-corrected chi connectivity index (χ2v) is 6.39. The van der Waals surface area contributed by atoms with E-state index in [1.807, 2.05) is 0 Å². The van der Waals surface area contributed by atoms with Crippen molar-refractivity contribution >= 4 is 39.6 Å². The molecule has 1 fully saturated rings. The van der Waals surface area contributed by atoms with Crippen LogP contribution in [0.25, 0.3) is 0 Å². The van der Waals surface area contributed by atoms with Gasteiger partial charge in [-0.15, -0.1) is 0 Å². The summed E-state index contributed by atoms with van der Waals surface area (Å²) in [4.78, 5) is 27.6. The number of rotatable bonds is 3. The Kier molecular flexibility index (Phi) is 4.46. The fraction of sp³-hybridized carbons (Fsp3) is 0.417. The van der Waals surface area contributed by atoms with E-state index in [2.05, 4.69) is 26.2 Å². The molecule has 0 spiro atoms. The van der Waals surface area contributed by atoms with Crippen LogP contribution in [-0.4, -0.2) is 39.0 Å². The monoisotopic (exact) mass is 344 g/mol. The van der Waals surface area contributed by atoms with Gasteiger partial charge < -0.3 is 10.4 Å². The Morgan fingerprint density at radius 1 is 1.42 bits per heavy atom. The summed E-state index contributed by atoms with van der Waals surface area (Å²) in [5, 5.41) is 12.1. The molecule has 0 atom stereocenters. The van der Waals surface area contributed by atoms with Crippen molar-refractivity contribution in [2.24, 2.45) is 0 Å². The molecular formula is C12H13BrN2O3S. The number of nitrogens with zero attached hydrogens (tertiary/aromatic N) is 1. The van der Waals surface area contributed by atoms with Crippen LogP contribution in [0.3, 0.4) is 0 Å². The third kappa shape index (κ3) is 3.09. The molecule has 0 radical (unpaired) electrons. The molecule has 1 amide bonds. The predicted octanol–water partition coefficient (Wildman–Crippen LogP) is 1.92. The number of hydrogen-bond acceptors (Lipinski definition) is 4. The number of carboxylic acids is 1. The zero-order valence-corrected chi connectivity index (χ0v) is 12.5. The van der Waals surface area contributed by atoms with Crippen LogP contribution in [0.1, 0.15) is 23.2 Å². The van der Waals surface area contributed by atoms with E-state index in [1.165, 1.54) is 12.4 Å². The molecule has 1 aliphatic heterocycles. The van der Waals surface area contributed by atoms with Crippen molar-refractivity contribution in [3.8, 4) is 0 Å². The maximum atomic E-state index is 12.2. The average Bonchev–Trinajstić information content (AvgIpc) is 2.40. The first-order valence-corrected chi connectivity index (χ1v) is 7.73. The van der Waals surface area contributed by atoms with Crippen LogP contribution in [-0.2, 0) is 4.79 Å². The highest BCUT2D eigenvalue weighted by Crippen LogP contribution is 2.28. The fourth-order valence-corrected chi connectivity index (χ4v) is 3.58. The van der Waals surface area contributed by atoms with Gasteiger partial charge in [0, 0.05) is 16.9 Å². The van der Waals surface area contributed by atoms with Gasteiger partial charge in [-0.2, -0.15) is 11.8 Å². The van der Waals surface area contributed by atoms with E-state index in [0.29, 0.717) is 22.9 Å². The molecule has 102 valence electrons. The van der Waals surface area contributed by atoms with Crippen molar-refractivity contribution in [1.82, 2.24) is 10.3 Å². The molecule has 1 saturated heterocycles. The van der Waals surface area contributed by atoms with Crippen LogP contribution >= 0.6 is 27.7 Å². The molecule has 0 unspecified atom stereocenters. The van der Waals surface area contributed by atoms with E-state index in [9.17, 15) is 14.7 Å². The lowest BCUT2D eigenvalue weighted by Crippen LogP contribution is -2.56. The molecule has 1 aromatic rings. The van der Waals surface area contributed by atoms with Crippen molar-refractivity contribution in [3.05, 3.63) is 28.5 Å². The minimum absolute atomic E-state index is 0.386. The van der Waals surface area contributed by atoms with E-state index >= 15 is 0 Å². The smallest absolute Gasteiger partial charge is 0.329 e. The average molecular weight is 345 g/mol. The van der Waals surface area contributed by atoms with Crippen LogP contribution in [0, 0.1) is 0 Å². The lowest BCUT2D eigenvalue weighted by Gasteiger charge is -2.33. The van der Waals surface area contributed by atoms with Gasteiger partial charge in [0.15, 0.2) is 0 Å². The van der Waals surface area contributed by atoms with Gasteiger partial charge in [-0.25, -0.2) is 4.79 Å². The van der Waals surface area contributed by atoms with Gasteiger partial charge in [-0.3, -0.25) is 9.78 Å². The molecule has 2 N–H and O–H groups in total. The third-order valence-electron chi connectivity index (χ3n) is 3.13. The summed E-state index contributed by atoms with van der Waals surface area (Å²) in [6.45, 7) is 0. The van der Waals surface area contributed by atoms with Gasteiger partial charge >= 0.3 is 5.97 Å². The van der Waals surface area contributed by atoms with Crippen molar-refractivity contribution in [1.29, 1.82) is 0 Å². The summed E-state index contributed by atoms with van der Waals surface area (Å²) in [5.74, 6) is 0.128. The summed E-state index contributed by atoms with van der Waals surface area (Å²) >= 11 is 4.95. The second kappa shape index (κ2) is 5.92. The number of thioether (sulfide) groups is 1. The van der Waals surface area contributed by atoms with Crippen molar-refractivity contribution in [2.75, 3.05) is 11.5 Å². The molecule has 0 bridgehead atoms. The zero-order valence-electron chi connectivity index (χ0n) is 10.1. The number of halogens is 1. The maximum absolute atomic E-state index is 12.2. The number of carbonyl (C=O) groups is 2. The van der Waals surface area contributed by atoms with Crippen LogP contribution in [0.5, 0.6) is 0 Å². The SMILES string of the molecule is O=C(NC1(C(=O)O)CCSCC1)c1ccncc1Br. The quantitative estimate of drug-likeness (QED) is 0.875. The molecule has 2 rings (SSSR count). The van der Waals surface area contributed by atoms with E-state index in [4.69, 9.17) is 0 Å². The number of carboxylic acid groups (broad SMARTS) is 1. The Morgan fingerprint density at radius 2 is 2.11 bits per heavy atom. The van der Waals surface area contributed by atoms with Gasteiger partial charge in [0.25, 0.3) is 5.91 Å². The van der Waals surface area contributed by atoms with Gasteiger partial charge in [0.05, 0.1) is 5.56 Å². The number of nitrogens with one attached hydrogen (secondary N) is 1. The molecular weight excluding hydrogens is 332 g/mol. The number of carbonyl (C=O) groups excluding carboxylic acids is 1. The van der Waals surface area contributed by atoms with E-state index in [-0.39, 0.29) is 5.91 Å². The summed E-state index contributed by atoms with van der Waals surface area (Å²) in [5.41, 5.74) is -0.751. The van der Waals surface area contributed by atoms with Crippen molar-refractivity contribution < 1.29 is 14.7 Å². The first kappa shape index (κ1) is 14.3. The molecule has 7 heteroatoms. The molecule has 5 nitrogen and oxygen atoms in total. The lowest BCUT2D eigenvalue weighted by molar-refractivity contribution is -0.144. The van der Waals surface area contributed by atoms with E-state index < -0.39 is 11.5 Å². The summed E-state index contributed by atoms with van der Waals surface area (Å²) < 4.78 is 0.554. The predicted molar refractivity (Wildman–Crippen MR) is 76.3 cm³/mol. The minimum atomic E-state index is -1.15. The third-order valence-corrected chi connectivity index (χ3v) is 4.74. The summed E-state index contributed by atoms with van der Waals surface area (Å²) in [6.07, 6.45) is 3.91. The summed E-state index contributed by atoms with van der Waals surface area (Å²) in [6, 6.07) is 1.56. The normalized spacial score (nSPS) is 17.7. The van der Waals surface area contributed by atoms with Gasteiger partial charge in [-0.05, 0) is 46.3 Å². The first-order chi connectivity index (χ1) is 9.05. The first-order valence-electron chi connectivity index (χ1n) is 5.78. The van der Waals surface area contributed by atoms with Gasteiger partial charge in [0.1, 0.15) is 5.54 Å². The number of hydrogen-bond donors (Lipinski definition) is 2. The van der Waals surface area contributed by atoms with Crippen LogP contribution in [0.2, 0.25) is 0 Å². The van der Waals surface area contributed by atoms with Crippen LogP contribution in [0.15, 0.2) is 22.9 Å². The molecule has 2 heterocycles. The fourth-order valence-electron chi connectivity index (χ4n) is 1.96. The highest BCUT2D eigenvalue weighted by atomic mass is 79.9.